The van der Waals surface area contributed by atoms with E-state index < -0.39 is 0 Å². The second-order valence-electron chi connectivity index (χ2n) is 6.36. The topological polar surface area (TPSA) is 40.6 Å². The van der Waals surface area contributed by atoms with Crippen LogP contribution in [0.4, 0.5) is 5.69 Å². The first-order chi connectivity index (χ1) is 10.2. The van der Waals surface area contributed by atoms with Crippen LogP contribution in [0.25, 0.3) is 0 Å². The SMILES string of the molecule is O=C(c1ccc2c(c1)CCN2C(=O)C1CC1)N1CCCC1. The highest BCUT2D eigenvalue weighted by Gasteiger charge is 2.36. The van der Waals surface area contributed by atoms with Crippen LogP contribution in [0.2, 0.25) is 0 Å². The van der Waals surface area contributed by atoms with Crippen molar-refractivity contribution in [2.75, 3.05) is 24.5 Å². The van der Waals surface area contributed by atoms with Gasteiger partial charge in [-0.1, -0.05) is 0 Å². The van der Waals surface area contributed by atoms with Gasteiger partial charge >= 0.3 is 0 Å². The first-order valence-corrected chi connectivity index (χ1v) is 7.97. The van der Waals surface area contributed by atoms with Crippen LogP contribution in [0.5, 0.6) is 0 Å². The Balaban J connectivity index is 1.57. The summed E-state index contributed by atoms with van der Waals surface area (Å²) in [6.07, 6.45) is 5.17. The fourth-order valence-electron chi connectivity index (χ4n) is 3.42. The predicted octanol–water partition coefficient (Wildman–Crippen LogP) is 2.22. The summed E-state index contributed by atoms with van der Waals surface area (Å²) in [6, 6.07) is 5.85. The van der Waals surface area contributed by atoms with Crippen molar-refractivity contribution in [1.29, 1.82) is 0 Å². The molecule has 2 aliphatic heterocycles. The average molecular weight is 284 g/mol. The summed E-state index contributed by atoms with van der Waals surface area (Å²) >= 11 is 0. The molecule has 0 radical (unpaired) electrons. The van der Waals surface area contributed by atoms with Crippen molar-refractivity contribution in [3.05, 3.63) is 29.3 Å². The van der Waals surface area contributed by atoms with E-state index in [4.69, 9.17) is 0 Å². The van der Waals surface area contributed by atoms with Gasteiger partial charge in [-0.05, 0) is 55.9 Å². The number of anilines is 1. The van der Waals surface area contributed by atoms with Crippen molar-refractivity contribution in [3.8, 4) is 0 Å². The van der Waals surface area contributed by atoms with Gasteiger partial charge in [0.25, 0.3) is 5.91 Å². The molecule has 0 N–H and O–H groups in total. The minimum atomic E-state index is 0.141. The van der Waals surface area contributed by atoms with Crippen LogP contribution >= 0.6 is 0 Å². The van der Waals surface area contributed by atoms with Crippen molar-refractivity contribution in [2.24, 2.45) is 5.92 Å². The van der Waals surface area contributed by atoms with Crippen molar-refractivity contribution >= 4 is 17.5 Å². The zero-order valence-electron chi connectivity index (χ0n) is 12.2. The minimum Gasteiger partial charge on any atom is -0.339 e. The number of likely N-dealkylation sites (tertiary alicyclic amines) is 1. The van der Waals surface area contributed by atoms with Gasteiger partial charge < -0.3 is 9.80 Å². The molecule has 2 heterocycles. The fraction of sp³-hybridized carbons (Fsp3) is 0.529. The Labute approximate surface area is 124 Å². The molecule has 4 heteroatoms. The van der Waals surface area contributed by atoms with E-state index in [0.717, 1.165) is 68.6 Å². The third kappa shape index (κ3) is 2.23. The lowest BCUT2D eigenvalue weighted by Crippen LogP contribution is -2.30. The van der Waals surface area contributed by atoms with E-state index in [1.165, 1.54) is 0 Å². The molecule has 2 amide bonds. The number of hydrogen-bond donors (Lipinski definition) is 0. The van der Waals surface area contributed by atoms with Crippen LogP contribution in [0.1, 0.15) is 41.6 Å². The van der Waals surface area contributed by atoms with Crippen molar-refractivity contribution < 1.29 is 9.59 Å². The number of hydrogen-bond acceptors (Lipinski definition) is 2. The van der Waals surface area contributed by atoms with Crippen LogP contribution in [0.3, 0.4) is 0 Å². The summed E-state index contributed by atoms with van der Waals surface area (Å²) in [7, 11) is 0. The Hall–Kier alpha value is -1.84. The van der Waals surface area contributed by atoms with E-state index in [2.05, 4.69) is 0 Å². The monoisotopic (exact) mass is 284 g/mol. The number of carbonyl (C=O) groups excluding carboxylic acids is 2. The highest BCUT2D eigenvalue weighted by molar-refractivity contribution is 6.00. The molecule has 0 unspecified atom stereocenters. The summed E-state index contributed by atoms with van der Waals surface area (Å²) < 4.78 is 0. The van der Waals surface area contributed by atoms with Crippen LogP contribution in [0.15, 0.2) is 18.2 Å². The summed E-state index contributed by atoms with van der Waals surface area (Å²) in [5.74, 6) is 0.663. The predicted molar refractivity (Wildman–Crippen MR) is 80.4 cm³/mol. The van der Waals surface area contributed by atoms with Gasteiger partial charge in [0.1, 0.15) is 0 Å². The molecular weight excluding hydrogens is 264 g/mol. The number of benzene rings is 1. The molecule has 0 atom stereocenters. The number of carbonyl (C=O) groups is 2. The highest BCUT2D eigenvalue weighted by Crippen LogP contribution is 2.36. The largest absolute Gasteiger partial charge is 0.339 e. The minimum absolute atomic E-state index is 0.141. The lowest BCUT2D eigenvalue weighted by Gasteiger charge is -2.18. The third-order valence-corrected chi connectivity index (χ3v) is 4.81. The van der Waals surface area contributed by atoms with Crippen LogP contribution in [-0.2, 0) is 11.2 Å². The number of amides is 2. The number of fused-ring (bicyclic) bond motifs is 1. The van der Waals surface area contributed by atoms with E-state index in [9.17, 15) is 9.59 Å². The maximum atomic E-state index is 12.4. The van der Waals surface area contributed by atoms with Gasteiger partial charge in [0.2, 0.25) is 5.91 Å². The van der Waals surface area contributed by atoms with Gasteiger partial charge in [-0.15, -0.1) is 0 Å². The number of nitrogens with zero attached hydrogens (tertiary/aromatic N) is 2. The molecule has 0 aromatic heterocycles. The molecule has 0 bridgehead atoms. The van der Waals surface area contributed by atoms with Crippen LogP contribution in [-0.4, -0.2) is 36.3 Å². The van der Waals surface area contributed by atoms with Gasteiger partial charge in [-0.3, -0.25) is 9.59 Å². The zero-order valence-corrected chi connectivity index (χ0v) is 12.2. The number of rotatable bonds is 2. The molecule has 110 valence electrons. The Morgan fingerprint density at radius 3 is 2.52 bits per heavy atom. The maximum absolute atomic E-state index is 12.4. The fourth-order valence-corrected chi connectivity index (χ4v) is 3.42. The molecule has 1 saturated carbocycles. The maximum Gasteiger partial charge on any atom is 0.253 e. The van der Waals surface area contributed by atoms with Gasteiger partial charge in [0.05, 0.1) is 0 Å². The summed E-state index contributed by atoms with van der Waals surface area (Å²) in [5.41, 5.74) is 2.94. The van der Waals surface area contributed by atoms with E-state index in [0.29, 0.717) is 0 Å². The van der Waals surface area contributed by atoms with Crippen molar-refractivity contribution in [3.63, 3.8) is 0 Å². The van der Waals surface area contributed by atoms with E-state index in [1.54, 1.807) is 0 Å². The normalized spacial score (nSPS) is 20.8. The summed E-state index contributed by atoms with van der Waals surface area (Å²) in [6.45, 7) is 2.52. The summed E-state index contributed by atoms with van der Waals surface area (Å²) in [4.78, 5) is 28.5. The molecule has 4 rings (SSSR count). The molecule has 2 fully saturated rings. The highest BCUT2D eigenvalue weighted by atomic mass is 16.2. The molecule has 1 aliphatic carbocycles. The Morgan fingerprint density at radius 1 is 1.05 bits per heavy atom. The molecule has 1 aromatic carbocycles. The Morgan fingerprint density at radius 2 is 1.81 bits per heavy atom. The second kappa shape index (κ2) is 4.86. The van der Waals surface area contributed by atoms with Gasteiger partial charge in [-0.2, -0.15) is 0 Å². The van der Waals surface area contributed by atoms with Gasteiger partial charge in [0, 0.05) is 36.8 Å². The van der Waals surface area contributed by atoms with Crippen LogP contribution < -0.4 is 4.90 Å². The lowest BCUT2D eigenvalue weighted by molar-refractivity contribution is -0.119. The molecular formula is C17H20N2O2. The first-order valence-electron chi connectivity index (χ1n) is 7.97. The second-order valence-corrected chi connectivity index (χ2v) is 6.36. The summed E-state index contributed by atoms with van der Waals surface area (Å²) in [5, 5.41) is 0. The molecule has 0 spiro atoms. The van der Waals surface area contributed by atoms with Crippen LogP contribution in [0, 0.1) is 5.92 Å². The molecule has 4 nitrogen and oxygen atoms in total. The molecule has 3 aliphatic rings. The standard InChI is InChI=1S/C17H20N2O2/c20-16(18-8-1-2-9-18)14-5-6-15-13(11-14)7-10-19(15)17(21)12-3-4-12/h5-6,11-12H,1-4,7-10H2. The quantitative estimate of drug-likeness (QED) is 0.835. The lowest BCUT2D eigenvalue weighted by atomic mass is 10.1. The molecule has 21 heavy (non-hydrogen) atoms. The Bertz CT molecular complexity index is 601. The molecule has 1 saturated heterocycles. The first kappa shape index (κ1) is 12.9. The van der Waals surface area contributed by atoms with Crippen molar-refractivity contribution in [2.45, 2.75) is 32.1 Å². The van der Waals surface area contributed by atoms with Gasteiger partial charge in [0.15, 0.2) is 0 Å². The smallest absolute Gasteiger partial charge is 0.253 e. The Kier molecular flexibility index (Phi) is 2.98. The van der Waals surface area contributed by atoms with Gasteiger partial charge in [-0.25, -0.2) is 0 Å². The van der Waals surface area contributed by atoms with E-state index >= 15 is 0 Å². The van der Waals surface area contributed by atoms with E-state index in [1.807, 2.05) is 28.0 Å². The zero-order chi connectivity index (χ0) is 14.4. The third-order valence-electron chi connectivity index (χ3n) is 4.81. The average Bonchev–Trinajstić information content (AvgIpc) is 3.05. The molecule has 1 aromatic rings. The van der Waals surface area contributed by atoms with E-state index in [-0.39, 0.29) is 17.7 Å². The van der Waals surface area contributed by atoms with Crippen molar-refractivity contribution in [1.82, 2.24) is 4.90 Å².